The van der Waals surface area contributed by atoms with Crippen molar-refractivity contribution in [1.82, 2.24) is 4.57 Å². The number of para-hydroxylation sites is 1. The molecule has 4 heteroatoms. The third-order valence-corrected chi connectivity index (χ3v) is 2.96. The lowest BCUT2D eigenvalue weighted by atomic mass is 10.2. The molecule has 92 valence electrons. The predicted molar refractivity (Wildman–Crippen MR) is 68.4 cm³/mol. The van der Waals surface area contributed by atoms with Crippen molar-refractivity contribution in [3.8, 4) is 6.07 Å². The molecule has 0 atom stereocenters. The third-order valence-electron chi connectivity index (χ3n) is 2.96. The van der Waals surface area contributed by atoms with Gasteiger partial charge in [0.05, 0.1) is 11.6 Å². The minimum absolute atomic E-state index is 0.339. The van der Waals surface area contributed by atoms with Crippen LogP contribution in [0.3, 0.4) is 0 Å². The van der Waals surface area contributed by atoms with E-state index in [4.69, 9.17) is 10.4 Å². The topological polar surface area (TPSA) is 66.0 Å². The first kappa shape index (κ1) is 12.2. The Morgan fingerprint density at radius 3 is 2.83 bits per heavy atom. The molecule has 0 aliphatic heterocycles. The molecule has 2 aromatic rings. The van der Waals surface area contributed by atoms with Crippen molar-refractivity contribution < 1.29 is 9.90 Å². The van der Waals surface area contributed by atoms with Crippen LogP contribution in [0.4, 0.5) is 0 Å². The molecule has 0 saturated heterocycles. The average molecular weight is 242 g/mol. The number of aromatic carboxylic acids is 1. The van der Waals surface area contributed by atoms with Crippen molar-refractivity contribution in [3.63, 3.8) is 0 Å². The number of carbonyl (C=O) groups is 1. The number of rotatable bonds is 5. The van der Waals surface area contributed by atoms with Crippen LogP contribution in [0.25, 0.3) is 10.9 Å². The van der Waals surface area contributed by atoms with Crippen molar-refractivity contribution in [1.29, 1.82) is 5.26 Å². The monoisotopic (exact) mass is 242 g/mol. The van der Waals surface area contributed by atoms with Crippen LogP contribution in [-0.2, 0) is 6.54 Å². The zero-order chi connectivity index (χ0) is 13.0. The number of hydrogen-bond donors (Lipinski definition) is 1. The van der Waals surface area contributed by atoms with E-state index < -0.39 is 5.97 Å². The molecular weight excluding hydrogens is 228 g/mol. The highest BCUT2D eigenvalue weighted by molar-refractivity contribution is 6.03. The first-order valence-electron chi connectivity index (χ1n) is 5.92. The highest BCUT2D eigenvalue weighted by Crippen LogP contribution is 2.21. The van der Waals surface area contributed by atoms with E-state index in [-0.39, 0.29) is 0 Å². The zero-order valence-corrected chi connectivity index (χ0v) is 9.97. The van der Waals surface area contributed by atoms with Gasteiger partial charge in [-0.3, -0.25) is 0 Å². The maximum Gasteiger partial charge on any atom is 0.337 e. The summed E-state index contributed by atoms with van der Waals surface area (Å²) >= 11 is 0. The van der Waals surface area contributed by atoms with E-state index in [0.29, 0.717) is 12.0 Å². The lowest BCUT2D eigenvalue weighted by molar-refractivity contribution is 0.0699. The van der Waals surface area contributed by atoms with Crippen LogP contribution in [0.15, 0.2) is 30.5 Å². The number of hydrogen-bond acceptors (Lipinski definition) is 2. The standard InChI is InChI=1S/C14H14N2O2/c15-8-4-1-5-9-16-10-12(14(17)18)11-6-2-3-7-13(11)16/h2-3,6-7,10H,1,4-5,9H2,(H,17,18). The van der Waals surface area contributed by atoms with Crippen LogP contribution < -0.4 is 0 Å². The van der Waals surface area contributed by atoms with E-state index in [0.717, 1.165) is 30.3 Å². The Labute approximate surface area is 105 Å². The second-order valence-electron chi connectivity index (χ2n) is 4.17. The summed E-state index contributed by atoms with van der Waals surface area (Å²) in [6.07, 6.45) is 3.95. The number of nitrogens with zero attached hydrogens (tertiary/aromatic N) is 2. The first-order valence-corrected chi connectivity index (χ1v) is 5.92. The molecule has 0 bridgehead atoms. The molecule has 0 aliphatic rings. The number of nitriles is 1. The molecule has 0 amide bonds. The molecule has 0 spiro atoms. The van der Waals surface area contributed by atoms with E-state index in [9.17, 15) is 4.79 Å². The molecule has 4 nitrogen and oxygen atoms in total. The van der Waals surface area contributed by atoms with Gasteiger partial charge in [-0.05, 0) is 18.9 Å². The summed E-state index contributed by atoms with van der Waals surface area (Å²) in [6, 6.07) is 9.60. The van der Waals surface area contributed by atoms with Crippen molar-refractivity contribution in [3.05, 3.63) is 36.0 Å². The Morgan fingerprint density at radius 1 is 1.33 bits per heavy atom. The van der Waals surface area contributed by atoms with Gasteiger partial charge >= 0.3 is 5.97 Å². The Kier molecular flexibility index (Phi) is 3.63. The molecule has 1 N–H and O–H groups in total. The fourth-order valence-electron chi connectivity index (χ4n) is 2.09. The number of carboxylic acid groups (broad SMARTS) is 1. The van der Waals surface area contributed by atoms with E-state index in [1.807, 2.05) is 28.8 Å². The Bertz CT molecular complexity index is 608. The first-order chi connectivity index (χ1) is 8.74. The quantitative estimate of drug-likeness (QED) is 0.819. The highest BCUT2D eigenvalue weighted by Gasteiger charge is 2.12. The fourth-order valence-corrected chi connectivity index (χ4v) is 2.09. The number of unbranched alkanes of at least 4 members (excludes halogenated alkanes) is 2. The van der Waals surface area contributed by atoms with Crippen LogP contribution in [0.2, 0.25) is 0 Å². The number of benzene rings is 1. The fraction of sp³-hybridized carbons (Fsp3) is 0.286. The third kappa shape index (κ3) is 2.35. The Hall–Kier alpha value is -2.28. The van der Waals surface area contributed by atoms with Gasteiger partial charge < -0.3 is 9.67 Å². The minimum atomic E-state index is -0.901. The normalized spacial score (nSPS) is 10.4. The number of aromatic nitrogens is 1. The summed E-state index contributed by atoms with van der Waals surface area (Å²) in [5.41, 5.74) is 1.28. The predicted octanol–water partition coefficient (Wildman–Crippen LogP) is 3.03. The number of aryl methyl sites for hydroxylation is 1. The maximum atomic E-state index is 11.1. The molecule has 2 rings (SSSR count). The largest absolute Gasteiger partial charge is 0.478 e. The maximum absolute atomic E-state index is 11.1. The second-order valence-corrected chi connectivity index (χ2v) is 4.17. The molecule has 1 aromatic carbocycles. The second kappa shape index (κ2) is 5.37. The molecule has 0 fully saturated rings. The van der Waals surface area contributed by atoms with E-state index in [2.05, 4.69) is 6.07 Å². The van der Waals surface area contributed by atoms with Crippen LogP contribution in [0.1, 0.15) is 29.6 Å². The van der Waals surface area contributed by atoms with Gasteiger partial charge in [0.2, 0.25) is 0 Å². The highest BCUT2D eigenvalue weighted by atomic mass is 16.4. The lowest BCUT2D eigenvalue weighted by Crippen LogP contribution is -1.97. The molecule has 18 heavy (non-hydrogen) atoms. The Morgan fingerprint density at radius 2 is 2.11 bits per heavy atom. The summed E-state index contributed by atoms with van der Waals surface area (Å²) in [5.74, 6) is -0.901. The zero-order valence-electron chi connectivity index (χ0n) is 9.97. The lowest BCUT2D eigenvalue weighted by Gasteiger charge is -2.03. The molecule has 0 saturated carbocycles. The van der Waals surface area contributed by atoms with Crippen LogP contribution in [0.5, 0.6) is 0 Å². The smallest absolute Gasteiger partial charge is 0.337 e. The van der Waals surface area contributed by atoms with E-state index in [1.165, 1.54) is 0 Å². The van der Waals surface area contributed by atoms with E-state index in [1.54, 1.807) is 6.20 Å². The average Bonchev–Trinajstić information content (AvgIpc) is 2.74. The van der Waals surface area contributed by atoms with Gasteiger partial charge in [0.25, 0.3) is 0 Å². The summed E-state index contributed by atoms with van der Waals surface area (Å²) in [7, 11) is 0. The van der Waals surface area contributed by atoms with Gasteiger partial charge in [0.15, 0.2) is 0 Å². The summed E-state index contributed by atoms with van der Waals surface area (Å²) < 4.78 is 1.95. The summed E-state index contributed by atoms with van der Waals surface area (Å²) in [4.78, 5) is 11.1. The van der Waals surface area contributed by atoms with Crippen molar-refractivity contribution in [2.75, 3.05) is 0 Å². The molecule has 1 heterocycles. The van der Waals surface area contributed by atoms with Gasteiger partial charge in [-0.2, -0.15) is 5.26 Å². The van der Waals surface area contributed by atoms with Crippen molar-refractivity contribution in [2.45, 2.75) is 25.8 Å². The SMILES string of the molecule is N#CCCCCn1cc(C(=O)O)c2ccccc21. The van der Waals surface area contributed by atoms with Crippen LogP contribution in [-0.4, -0.2) is 15.6 Å². The minimum Gasteiger partial charge on any atom is -0.478 e. The summed E-state index contributed by atoms with van der Waals surface area (Å²) in [5, 5.41) is 18.4. The van der Waals surface area contributed by atoms with Crippen LogP contribution in [0, 0.1) is 11.3 Å². The van der Waals surface area contributed by atoms with Gasteiger partial charge in [-0.1, -0.05) is 18.2 Å². The van der Waals surface area contributed by atoms with Gasteiger partial charge in [-0.25, -0.2) is 4.79 Å². The van der Waals surface area contributed by atoms with Gasteiger partial charge in [0.1, 0.15) is 0 Å². The molecule has 1 aromatic heterocycles. The molecule has 0 radical (unpaired) electrons. The van der Waals surface area contributed by atoms with E-state index >= 15 is 0 Å². The number of fused-ring (bicyclic) bond motifs is 1. The van der Waals surface area contributed by atoms with Crippen LogP contribution >= 0.6 is 0 Å². The summed E-state index contributed by atoms with van der Waals surface area (Å²) in [6.45, 7) is 0.746. The van der Waals surface area contributed by atoms with Crippen molar-refractivity contribution in [2.24, 2.45) is 0 Å². The van der Waals surface area contributed by atoms with Crippen molar-refractivity contribution >= 4 is 16.9 Å². The Balaban J connectivity index is 2.28. The molecule has 0 aliphatic carbocycles. The van der Waals surface area contributed by atoms with Gasteiger partial charge in [0, 0.05) is 30.1 Å². The van der Waals surface area contributed by atoms with Gasteiger partial charge in [-0.15, -0.1) is 0 Å². The molecular formula is C14H14N2O2. The number of carboxylic acids is 1. The molecule has 0 unspecified atom stereocenters.